The Bertz CT molecular complexity index is 1120. The highest BCUT2D eigenvalue weighted by Crippen LogP contribution is 2.36. The number of aryl methyl sites for hydroxylation is 1. The maximum atomic E-state index is 13.0. The zero-order chi connectivity index (χ0) is 24.1. The van der Waals surface area contributed by atoms with Gasteiger partial charge < -0.3 is 20.8 Å². The summed E-state index contributed by atoms with van der Waals surface area (Å²) in [6.45, 7) is 6.57. The van der Waals surface area contributed by atoms with E-state index < -0.39 is 29.3 Å². The largest absolute Gasteiger partial charge is 0.507 e. The molecule has 2 aromatic rings. The smallest absolute Gasteiger partial charge is 0.419 e. The average Bonchev–Trinajstić information content (AvgIpc) is 2.73. The molecule has 0 radical (unpaired) electrons. The molecule has 7 nitrogen and oxygen atoms in total. The summed E-state index contributed by atoms with van der Waals surface area (Å²) in [6.07, 6.45) is -2.46. The van der Waals surface area contributed by atoms with Gasteiger partial charge in [-0.15, -0.1) is 0 Å². The fourth-order valence-electron chi connectivity index (χ4n) is 2.59. The average molecular weight is 447 g/mol. The molecule has 32 heavy (non-hydrogen) atoms. The molecule has 2 aromatic carbocycles. The number of halogens is 3. The number of phenolic OH excluding ortho intramolecular Hbond substituents is 1. The topological polar surface area (TPSA) is 111 Å². The van der Waals surface area contributed by atoms with Crippen LogP contribution >= 0.6 is 0 Å². The van der Waals surface area contributed by atoms with E-state index >= 15 is 0 Å². The van der Waals surface area contributed by atoms with Gasteiger partial charge in [0.05, 0.1) is 5.56 Å². The van der Waals surface area contributed by atoms with Gasteiger partial charge in [0.25, 0.3) is 11.8 Å². The highest BCUT2D eigenvalue weighted by Gasteiger charge is 2.34. The number of aromatic hydroxyl groups is 1. The molecule has 0 heterocycles. The lowest BCUT2D eigenvalue weighted by molar-refractivity contribution is -0.138. The summed E-state index contributed by atoms with van der Waals surface area (Å²) in [6, 6.07) is 6.84. The van der Waals surface area contributed by atoms with Crippen LogP contribution in [0.25, 0.3) is 0 Å². The summed E-state index contributed by atoms with van der Waals surface area (Å²) in [5.74, 6) is -2.94. The third-order valence-electron chi connectivity index (χ3n) is 4.26. The number of carbonyl (C=O) groups is 2. The fourth-order valence-corrected chi connectivity index (χ4v) is 2.59. The first-order chi connectivity index (χ1) is 15.0. The van der Waals surface area contributed by atoms with Crippen LogP contribution in [0.5, 0.6) is 5.75 Å². The van der Waals surface area contributed by atoms with Crippen molar-refractivity contribution in [2.75, 3.05) is 10.6 Å². The fraction of sp³-hybridized carbons (Fsp3) is 0.136. The van der Waals surface area contributed by atoms with E-state index in [1.54, 1.807) is 13.0 Å². The number of benzene rings is 2. The Balaban J connectivity index is 2.28. The minimum Gasteiger partial charge on any atom is -0.507 e. The molecular weight excluding hydrogens is 427 g/mol. The molecule has 0 saturated heterocycles. The van der Waals surface area contributed by atoms with Gasteiger partial charge >= 0.3 is 6.18 Å². The number of nitrogens with one attached hydrogen (secondary N) is 2. The first-order valence-electron chi connectivity index (χ1n) is 9.15. The zero-order valence-electron chi connectivity index (χ0n) is 17.1. The van der Waals surface area contributed by atoms with Crippen molar-refractivity contribution in [3.8, 4) is 5.75 Å². The Labute approximate surface area is 181 Å². The molecule has 0 aromatic heterocycles. The second kappa shape index (κ2) is 9.82. The molecule has 10 heteroatoms. The van der Waals surface area contributed by atoms with E-state index in [1.807, 2.05) is 0 Å². The third kappa shape index (κ3) is 5.75. The van der Waals surface area contributed by atoms with Gasteiger partial charge in [-0.25, -0.2) is 4.99 Å². The van der Waals surface area contributed by atoms with Crippen LogP contribution in [-0.4, -0.2) is 27.7 Å². The summed E-state index contributed by atoms with van der Waals surface area (Å²) >= 11 is 0. The summed E-state index contributed by atoms with van der Waals surface area (Å²) in [5.41, 5.74) is -0.858. The van der Waals surface area contributed by atoms with Crippen LogP contribution in [0, 0.1) is 6.92 Å². The highest BCUT2D eigenvalue weighted by molar-refractivity contribution is 6.48. The van der Waals surface area contributed by atoms with Gasteiger partial charge in [-0.05, 0) is 55.8 Å². The number of aliphatic hydroxyl groups excluding tert-OH is 1. The molecule has 0 spiro atoms. The Morgan fingerprint density at radius 2 is 1.81 bits per heavy atom. The van der Waals surface area contributed by atoms with E-state index in [0.29, 0.717) is 11.6 Å². The molecule has 168 valence electrons. The molecule has 2 rings (SSSR count). The van der Waals surface area contributed by atoms with Crippen molar-refractivity contribution < 1.29 is 33.0 Å². The van der Waals surface area contributed by atoms with Crippen LogP contribution in [0.3, 0.4) is 0 Å². The third-order valence-corrected chi connectivity index (χ3v) is 4.26. The van der Waals surface area contributed by atoms with E-state index in [-0.39, 0.29) is 28.4 Å². The van der Waals surface area contributed by atoms with Gasteiger partial charge in [0.1, 0.15) is 11.5 Å². The SMILES string of the molecule is C=CN=C(C(=O)Nc1cc(NC(=O)c2ccc(O)c(C(F)(F)F)c2)ccc1C)/C(O)=C\C. The van der Waals surface area contributed by atoms with Crippen LogP contribution < -0.4 is 10.6 Å². The minimum absolute atomic E-state index is 0.190. The van der Waals surface area contributed by atoms with Gasteiger partial charge in [0.15, 0.2) is 5.71 Å². The molecule has 2 amide bonds. The van der Waals surface area contributed by atoms with Crippen LogP contribution in [0.4, 0.5) is 24.5 Å². The van der Waals surface area contributed by atoms with Crippen molar-refractivity contribution in [1.82, 2.24) is 0 Å². The number of hydrogen-bond donors (Lipinski definition) is 4. The predicted molar refractivity (Wildman–Crippen MR) is 115 cm³/mol. The minimum atomic E-state index is -4.83. The number of nitrogens with zero attached hydrogens (tertiary/aromatic N) is 1. The summed E-state index contributed by atoms with van der Waals surface area (Å²) in [5, 5.41) is 24.2. The monoisotopic (exact) mass is 447 g/mol. The van der Waals surface area contributed by atoms with E-state index in [0.717, 1.165) is 18.3 Å². The van der Waals surface area contributed by atoms with Gasteiger partial charge in [0.2, 0.25) is 0 Å². The highest BCUT2D eigenvalue weighted by atomic mass is 19.4. The van der Waals surface area contributed by atoms with Crippen LogP contribution in [0.2, 0.25) is 0 Å². The Morgan fingerprint density at radius 3 is 2.41 bits per heavy atom. The molecule has 0 aliphatic heterocycles. The van der Waals surface area contributed by atoms with E-state index in [1.165, 1.54) is 25.1 Å². The zero-order valence-corrected chi connectivity index (χ0v) is 17.1. The summed E-state index contributed by atoms with van der Waals surface area (Å²) in [7, 11) is 0. The number of allylic oxidation sites excluding steroid dienone is 1. The first-order valence-corrected chi connectivity index (χ1v) is 9.15. The first kappa shape index (κ1) is 24.2. The van der Waals surface area contributed by atoms with Crippen LogP contribution in [-0.2, 0) is 11.0 Å². The van der Waals surface area contributed by atoms with Crippen molar-refractivity contribution in [1.29, 1.82) is 0 Å². The molecule has 4 N–H and O–H groups in total. The maximum Gasteiger partial charge on any atom is 0.419 e. The number of hydrogen-bond acceptors (Lipinski definition) is 5. The Morgan fingerprint density at radius 1 is 1.12 bits per heavy atom. The Hall–Kier alpha value is -4.08. The quantitative estimate of drug-likeness (QED) is 0.371. The molecule has 0 unspecified atom stereocenters. The molecule has 0 aliphatic carbocycles. The number of aliphatic hydroxyl groups is 1. The molecule has 0 bridgehead atoms. The van der Waals surface area contributed by atoms with E-state index in [4.69, 9.17) is 0 Å². The van der Waals surface area contributed by atoms with Gasteiger partial charge in [-0.1, -0.05) is 12.6 Å². The number of phenols is 1. The number of aliphatic imine (C=N–C) groups is 1. The second-order valence-electron chi connectivity index (χ2n) is 6.50. The summed E-state index contributed by atoms with van der Waals surface area (Å²) in [4.78, 5) is 28.6. The molecule has 0 fully saturated rings. The maximum absolute atomic E-state index is 13.0. The lowest BCUT2D eigenvalue weighted by Crippen LogP contribution is -2.25. The predicted octanol–water partition coefficient (Wildman–Crippen LogP) is 4.96. The van der Waals surface area contributed by atoms with Gasteiger partial charge in [0, 0.05) is 23.1 Å². The van der Waals surface area contributed by atoms with Crippen LogP contribution in [0.15, 0.2) is 66.0 Å². The number of anilines is 2. The van der Waals surface area contributed by atoms with E-state index in [9.17, 15) is 33.0 Å². The van der Waals surface area contributed by atoms with Crippen molar-refractivity contribution in [2.24, 2.45) is 4.99 Å². The van der Waals surface area contributed by atoms with Crippen molar-refractivity contribution >= 4 is 28.9 Å². The second-order valence-corrected chi connectivity index (χ2v) is 6.50. The van der Waals surface area contributed by atoms with Crippen molar-refractivity contribution in [3.05, 3.63) is 77.7 Å². The number of carbonyl (C=O) groups excluding carboxylic acids is 2. The summed E-state index contributed by atoms with van der Waals surface area (Å²) < 4.78 is 38.9. The normalized spacial score (nSPS) is 12.3. The number of rotatable bonds is 6. The number of amides is 2. The lowest BCUT2D eigenvalue weighted by atomic mass is 10.1. The van der Waals surface area contributed by atoms with Gasteiger partial charge in [-0.3, -0.25) is 9.59 Å². The molecule has 0 aliphatic rings. The lowest BCUT2D eigenvalue weighted by Gasteiger charge is -2.13. The molecular formula is C22H20F3N3O4. The van der Waals surface area contributed by atoms with Crippen LogP contribution in [0.1, 0.15) is 28.4 Å². The molecule has 0 atom stereocenters. The Kier molecular flexibility index (Phi) is 7.42. The number of alkyl halides is 3. The standard InChI is InChI=1S/C22H20F3N3O4/c1-4-17(29)19(26-5-2)21(32)28-16-11-14(8-6-12(16)3)27-20(31)13-7-9-18(30)15(10-13)22(23,24)25/h4-11,29-30H,2H2,1,3H3,(H,27,31)(H,28,32)/b17-4+,26-19?. The van der Waals surface area contributed by atoms with E-state index in [2.05, 4.69) is 22.2 Å². The molecule has 0 saturated carbocycles. The van der Waals surface area contributed by atoms with Crippen molar-refractivity contribution in [3.63, 3.8) is 0 Å². The van der Waals surface area contributed by atoms with Crippen molar-refractivity contribution in [2.45, 2.75) is 20.0 Å². The van der Waals surface area contributed by atoms with Gasteiger partial charge in [-0.2, -0.15) is 13.2 Å².